The summed E-state index contributed by atoms with van der Waals surface area (Å²) in [5.41, 5.74) is 0. The van der Waals surface area contributed by atoms with E-state index in [0.29, 0.717) is 25.7 Å². The van der Waals surface area contributed by atoms with Crippen LogP contribution in [0.15, 0.2) is 0 Å². The van der Waals surface area contributed by atoms with E-state index in [4.69, 9.17) is 37.0 Å². The van der Waals surface area contributed by atoms with Crippen LogP contribution in [-0.4, -0.2) is 96.7 Å². The number of aliphatic hydroxyl groups excluding tert-OH is 1. The van der Waals surface area contributed by atoms with Gasteiger partial charge >= 0.3 is 39.5 Å². The molecule has 17 nitrogen and oxygen atoms in total. The molecular weight excluding hydrogens is 1410 g/mol. The minimum Gasteiger partial charge on any atom is -0.462 e. The lowest BCUT2D eigenvalue weighted by molar-refractivity contribution is -0.161. The molecule has 0 saturated carbocycles. The fraction of sp³-hybridized carbons (Fsp3) is 0.956. The van der Waals surface area contributed by atoms with Crippen molar-refractivity contribution in [2.24, 2.45) is 23.7 Å². The lowest BCUT2D eigenvalue weighted by Crippen LogP contribution is -2.30. The Morgan fingerprint density at radius 2 is 0.440 bits per heavy atom. The van der Waals surface area contributed by atoms with Crippen LogP contribution >= 0.6 is 15.6 Å². The third kappa shape index (κ3) is 79.7. The molecule has 0 amide bonds. The molecule has 0 spiro atoms. The largest absolute Gasteiger partial charge is 0.472 e. The van der Waals surface area contributed by atoms with Crippen LogP contribution in [-0.2, 0) is 65.4 Å². The quantitative estimate of drug-likeness (QED) is 0.0222. The highest BCUT2D eigenvalue weighted by molar-refractivity contribution is 7.47. The molecule has 3 N–H and O–H groups in total. The van der Waals surface area contributed by atoms with E-state index in [2.05, 4.69) is 55.4 Å². The molecule has 0 aromatic rings. The van der Waals surface area contributed by atoms with Gasteiger partial charge in [-0.3, -0.25) is 37.3 Å². The van der Waals surface area contributed by atoms with Crippen molar-refractivity contribution in [1.82, 2.24) is 0 Å². The number of aliphatic hydroxyl groups is 1. The lowest BCUT2D eigenvalue weighted by Gasteiger charge is -2.21. The monoisotopic (exact) mass is 1590 g/mol. The van der Waals surface area contributed by atoms with E-state index >= 15 is 0 Å². The van der Waals surface area contributed by atoms with Gasteiger partial charge in [0.05, 0.1) is 26.4 Å². The number of ether oxygens (including phenoxy) is 4. The second-order valence-electron chi connectivity index (χ2n) is 33.5. The highest BCUT2D eigenvalue weighted by Gasteiger charge is 2.31. The molecule has 648 valence electrons. The van der Waals surface area contributed by atoms with Crippen LogP contribution in [0.2, 0.25) is 0 Å². The van der Waals surface area contributed by atoms with E-state index < -0.39 is 97.5 Å². The number of esters is 4. The topological polar surface area (TPSA) is 237 Å². The van der Waals surface area contributed by atoms with Crippen molar-refractivity contribution in [2.75, 3.05) is 39.6 Å². The summed E-state index contributed by atoms with van der Waals surface area (Å²) >= 11 is 0. The third-order valence-corrected chi connectivity index (χ3v) is 24.1. The van der Waals surface area contributed by atoms with Crippen molar-refractivity contribution in [3.05, 3.63) is 0 Å². The maximum atomic E-state index is 13.2. The average Bonchev–Trinajstić information content (AvgIpc) is 0.905. The maximum absolute atomic E-state index is 13.2. The molecule has 0 bridgehead atoms. The van der Waals surface area contributed by atoms with Crippen molar-refractivity contribution in [3.8, 4) is 0 Å². The predicted molar refractivity (Wildman–Crippen MR) is 451 cm³/mol. The Kier molecular flexibility index (Phi) is 77.2. The average molecular weight is 1590 g/mol. The normalized spacial score (nSPS) is 14.6. The second kappa shape index (κ2) is 78.6. The fourth-order valence-electron chi connectivity index (χ4n) is 13.9. The summed E-state index contributed by atoms with van der Waals surface area (Å²) in [7, 11) is -9.93. The van der Waals surface area contributed by atoms with Crippen molar-refractivity contribution in [2.45, 2.75) is 491 Å². The number of phosphoric acid groups is 2. The van der Waals surface area contributed by atoms with Gasteiger partial charge in [0.1, 0.15) is 19.3 Å². The van der Waals surface area contributed by atoms with Crippen LogP contribution in [0.1, 0.15) is 473 Å². The first kappa shape index (κ1) is 107. The van der Waals surface area contributed by atoms with E-state index in [9.17, 15) is 43.2 Å². The van der Waals surface area contributed by atoms with Gasteiger partial charge in [-0.25, -0.2) is 9.13 Å². The number of unbranched alkanes of at least 4 members (excludes halogenated alkanes) is 50. The predicted octanol–water partition coefficient (Wildman–Crippen LogP) is 27.5. The summed E-state index contributed by atoms with van der Waals surface area (Å²) in [6.07, 6.45) is 69.4. The van der Waals surface area contributed by atoms with Crippen LogP contribution in [0.3, 0.4) is 0 Å². The molecule has 0 aromatic heterocycles. The molecule has 0 aliphatic rings. The highest BCUT2D eigenvalue weighted by Crippen LogP contribution is 2.45. The molecule has 0 radical (unpaired) electrons. The molecule has 19 heteroatoms. The van der Waals surface area contributed by atoms with Gasteiger partial charge in [0, 0.05) is 25.7 Å². The van der Waals surface area contributed by atoms with Gasteiger partial charge in [0.2, 0.25) is 0 Å². The van der Waals surface area contributed by atoms with Crippen molar-refractivity contribution in [1.29, 1.82) is 0 Å². The van der Waals surface area contributed by atoms with Crippen molar-refractivity contribution in [3.63, 3.8) is 0 Å². The SMILES string of the molecule is CCC(C)CCCCCCCCCCCCCCCCCCCCC(=O)OC[C@H](COP(=O)(O)OC[C@@H](O)COP(=O)(O)OC[C@@H](COC(=O)CCCCCCCCCCC(C)C)OC(=O)CCCCCCCCCCCCC(C)CC)OC(=O)CCCCCCCCCCCCCCCCCCCCC(C)CC. The third-order valence-electron chi connectivity index (χ3n) is 22.2. The second-order valence-corrected chi connectivity index (χ2v) is 36.5. The molecule has 8 atom stereocenters. The Bertz CT molecular complexity index is 2120. The van der Waals surface area contributed by atoms with Crippen molar-refractivity contribution >= 4 is 39.5 Å². The molecule has 0 fully saturated rings. The zero-order valence-electron chi connectivity index (χ0n) is 72.2. The summed E-state index contributed by atoms with van der Waals surface area (Å²) in [5.74, 6) is 1.17. The Hall–Kier alpha value is -1.94. The number of rotatable bonds is 87. The summed E-state index contributed by atoms with van der Waals surface area (Å²) in [5, 5.41) is 10.7. The number of carbonyl (C=O) groups excluding carboxylic acids is 4. The number of hydrogen-bond donors (Lipinski definition) is 3. The Morgan fingerprint density at radius 3 is 0.651 bits per heavy atom. The van der Waals surface area contributed by atoms with Gasteiger partial charge in [-0.05, 0) is 49.4 Å². The zero-order chi connectivity index (χ0) is 80.2. The molecule has 0 aromatic carbocycles. The Balaban J connectivity index is 5.23. The summed E-state index contributed by atoms with van der Waals surface area (Å²) in [4.78, 5) is 73.3. The minimum atomic E-state index is -4.97. The number of hydrogen-bond acceptors (Lipinski definition) is 15. The molecule has 5 unspecified atom stereocenters. The van der Waals surface area contributed by atoms with E-state index in [1.54, 1.807) is 0 Å². The van der Waals surface area contributed by atoms with E-state index in [-0.39, 0.29) is 25.7 Å². The minimum absolute atomic E-state index is 0.106. The van der Waals surface area contributed by atoms with Gasteiger partial charge in [0.15, 0.2) is 12.2 Å². The highest BCUT2D eigenvalue weighted by atomic mass is 31.2. The summed E-state index contributed by atoms with van der Waals surface area (Å²) < 4.78 is 69.0. The van der Waals surface area contributed by atoms with E-state index in [1.165, 1.54) is 276 Å². The van der Waals surface area contributed by atoms with Crippen molar-refractivity contribution < 1.29 is 80.2 Å². The lowest BCUT2D eigenvalue weighted by atomic mass is 9.99. The molecule has 0 saturated heterocycles. The molecule has 0 heterocycles. The van der Waals surface area contributed by atoms with Gasteiger partial charge in [-0.15, -0.1) is 0 Å². The van der Waals surface area contributed by atoms with E-state index in [1.807, 2.05) is 0 Å². The molecule has 0 aliphatic carbocycles. The van der Waals surface area contributed by atoms with Crippen LogP contribution in [0.5, 0.6) is 0 Å². The first-order chi connectivity index (χ1) is 52.7. The molecule has 109 heavy (non-hydrogen) atoms. The van der Waals surface area contributed by atoms with Crippen LogP contribution < -0.4 is 0 Å². The van der Waals surface area contributed by atoms with Crippen LogP contribution in [0.25, 0.3) is 0 Å². The van der Waals surface area contributed by atoms with Crippen LogP contribution in [0, 0.1) is 23.7 Å². The van der Waals surface area contributed by atoms with Gasteiger partial charge in [-0.2, -0.15) is 0 Å². The van der Waals surface area contributed by atoms with Gasteiger partial charge in [0.25, 0.3) is 0 Å². The van der Waals surface area contributed by atoms with Gasteiger partial charge < -0.3 is 33.8 Å². The summed E-state index contributed by atoms with van der Waals surface area (Å²) in [6.45, 7) is 14.4. The smallest absolute Gasteiger partial charge is 0.462 e. The molecular formula is C90H176O17P2. The van der Waals surface area contributed by atoms with Crippen LogP contribution in [0.4, 0.5) is 0 Å². The first-order valence-corrected chi connectivity index (χ1v) is 49.3. The molecule has 0 aliphatic heterocycles. The number of phosphoric ester groups is 2. The fourth-order valence-corrected chi connectivity index (χ4v) is 15.5. The maximum Gasteiger partial charge on any atom is 0.472 e. The van der Waals surface area contributed by atoms with Gasteiger partial charge in [-0.1, -0.05) is 421 Å². The standard InChI is InChI=1S/C90H176O17P2/c1-9-81(6)67-59-51-43-34-28-24-20-16-12-14-18-22-26-30-37-46-54-62-70-87(92)100-76-85(106-89(94)72-64-56-48-38-31-27-23-19-15-13-17-21-25-29-35-44-52-60-68-82(7)10-2)78-104-108(96,97)102-74-84(91)75-103-109(98,99)105-79-86(77-101-88(93)71-63-55-47-41-40-42-50-58-66-80(4)5)107-90(95)73-65-57-49-39-33-32-36-45-53-61-69-83(8)11-3/h80-86,91H,9-79H2,1-8H3,(H,96,97)(H,98,99)/t81?,82?,83?,84-,85-,86-/m1/s1. The van der Waals surface area contributed by atoms with E-state index in [0.717, 1.165) is 114 Å². The zero-order valence-corrected chi connectivity index (χ0v) is 74.0. The molecule has 0 rings (SSSR count). The summed E-state index contributed by atoms with van der Waals surface area (Å²) in [6, 6.07) is 0. The number of carbonyl (C=O) groups is 4. The first-order valence-electron chi connectivity index (χ1n) is 46.3. The Labute approximate surface area is 670 Å². The Morgan fingerprint density at radius 1 is 0.257 bits per heavy atom.